The molecule has 0 radical (unpaired) electrons. The Morgan fingerprint density at radius 1 is 0.710 bits per heavy atom. The van der Waals surface area contributed by atoms with Gasteiger partial charge in [-0.1, -0.05) is 66.7 Å². The lowest BCUT2D eigenvalue weighted by Crippen LogP contribution is -2.16. The summed E-state index contributed by atoms with van der Waals surface area (Å²) in [7, 11) is 0. The number of nitrogens with zero attached hydrogens (tertiary/aromatic N) is 1. The van der Waals surface area contributed by atoms with Gasteiger partial charge in [0.15, 0.2) is 5.76 Å². The number of fused-ring (bicyclic) bond motifs is 2. The van der Waals surface area contributed by atoms with E-state index in [0.29, 0.717) is 12.3 Å². The molecule has 0 unspecified atom stereocenters. The first-order valence-corrected chi connectivity index (χ1v) is 10.2. The van der Waals surface area contributed by atoms with Crippen molar-refractivity contribution in [3.63, 3.8) is 0 Å². The third kappa shape index (κ3) is 2.82. The molecule has 2 N–H and O–H groups in total. The van der Waals surface area contributed by atoms with Crippen LogP contribution in [0.1, 0.15) is 5.56 Å². The Morgan fingerprint density at radius 2 is 1.29 bits per heavy atom. The minimum atomic E-state index is -0.371. The van der Waals surface area contributed by atoms with Gasteiger partial charge in [0.25, 0.3) is 0 Å². The van der Waals surface area contributed by atoms with E-state index in [0.717, 1.165) is 44.2 Å². The number of aromatic amines is 2. The van der Waals surface area contributed by atoms with Crippen molar-refractivity contribution in [2.45, 2.75) is 6.54 Å². The molecule has 150 valence electrons. The van der Waals surface area contributed by atoms with Crippen molar-refractivity contribution < 1.29 is 4.42 Å². The second kappa shape index (κ2) is 6.92. The molecule has 5 nitrogen and oxygen atoms in total. The topological polar surface area (TPSA) is 66.7 Å². The average molecular weight is 405 g/mol. The van der Waals surface area contributed by atoms with Crippen LogP contribution in [0.15, 0.2) is 100 Å². The summed E-state index contributed by atoms with van der Waals surface area (Å²) in [6.07, 6.45) is 3.86. The number of nitrogens with one attached hydrogen (secondary N) is 2. The molecular formula is C26H19N3O2. The predicted molar refractivity (Wildman–Crippen MR) is 123 cm³/mol. The van der Waals surface area contributed by atoms with Crippen molar-refractivity contribution in [3.8, 4) is 22.6 Å². The van der Waals surface area contributed by atoms with Gasteiger partial charge in [0.05, 0.1) is 6.54 Å². The standard InChI is InChI=1S/C26H19N3O2/c30-26-29(16-17-8-2-1-3-9-17)24(20-14-27-22-12-6-4-10-18(20)22)25(31-26)21-15-28-23-13-7-5-11-19(21)23/h1-15,27-28H,16H2. The summed E-state index contributed by atoms with van der Waals surface area (Å²) in [4.78, 5) is 19.7. The molecule has 3 aromatic heterocycles. The van der Waals surface area contributed by atoms with Crippen LogP contribution in [0, 0.1) is 0 Å². The highest BCUT2D eigenvalue weighted by Crippen LogP contribution is 2.38. The van der Waals surface area contributed by atoms with Crippen molar-refractivity contribution >= 4 is 21.8 Å². The van der Waals surface area contributed by atoms with Crippen LogP contribution < -0.4 is 5.76 Å². The molecular weight excluding hydrogens is 386 g/mol. The Kier molecular flexibility index (Phi) is 3.93. The van der Waals surface area contributed by atoms with Crippen molar-refractivity contribution in [1.29, 1.82) is 0 Å². The smallest absolute Gasteiger partial charge is 0.407 e. The molecule has 0 saturated heterocycles. The maximum Gasteiger partial charge on any atom is 0.420 e. The van der Waals surface area contributed by atoms with Gasteiger partial charge in [-0.05, 0) is 17.7 Å². The highest BCUT2D eigenvalue weighted by atomic mass is 16.4. The van der Waals surface area contributed by atoms with Crippen LogP contribution in [0.5, 0.6) is 0 Å². The van der Waals surface area contributed by atoms with Crippen LogP contribution in [0.3, 0.4) is 0 Å². The van der Waals surface area contributed by atoms with Crippen LogP contribution in [-0.4, -0.2) is 14.5 Å². The highest BCUT2D eigenvalue weighted by molar-refractivity contribution is 6.02. The molecule has 0 aliphatic rings. The second-order valence-corrected chi connectivity index (χ2v) is 7.61. The number of hydrogen-bond donors (Lipinski definition) is 2. The van der Waals surface area contributed by atoms with Crippen LogP contribution in [0.4, 0.5) is 0 Å². The fraction of sp³-hybridized carbons (Fsp3) is 0.0385. The molecule has 0 bridgehead atoms. The summed E-state index contributed by atoms with van der Waals surface area (Å²) >= 11 is 0. The molecule has 5 heteroatoms. The van der Waals surface area contributed by atoms with E-state index in [4.69, 9.17) is 4.42 Å². The molecule has 3 heterocycles. The number of rotatable bonds is 4. The second-order valence-electron chi connectivity index (χ2n) is 7.61. The van der Waals surface area contributed by atoms with Crippen molar-refractivity contribution in [2.75, 3.05) is 0 Å². The maximum atomic E-state index is 13.1. The lowest BCUT2D eigenvalue weighted by Gasteiger charge is -2.08. The Hall–Kier alpha value is -4.25. The van der Waals surface area contributed by atoms with Crippen molar-refractivity contribution in [3.05, 3.63) is 107 Å². The van der Waals surface area contributed by atoms with Crippen molar-refractivity contribution in [1.82, 2.24) is 14.5 Å². The molecule has 0 amide bonds. The fourth-order valence-electron chi connectivity index (χ4n) is 4.29. The first-order valence-electron chi connectivity index (χ1n) is 10.2. The largest absolute Gasteiger partial charge is 0.420 e. The number of benzene rings is 3. The monoisotopic (exact) mass is 405 g/mol. The van der Waals surface area contributed by atoms with Gasteiger partial charge in [-0.2, -0.15) is 0 Å². The van der Waals surface area contributed by atoms with Gasteiger partial charge in [0, 0.05) is 45.3 Å². The van der Waals surface area contributed by atoms with Gasteiger partial charge >= 0.3 is 5.76 Å². The van der Waals surface area contributed by atoms with Crippen molar-refractivity contribution in [2.24, 2.45) is 0 Å². The Labute approximate surface area is 177 Å². The lowest BCUT2D eigenvalue weighted by molar-refractivity contribution is 0.497. The number of para-hydroxylation sites is 2. The van der Waals surface area contributed by atoms with Gasteiger partial charge in [-0.15, -0.1) is 0 Å². The minimum absolute atomic E-state index is 0.371. The molecule has 0 atom stereocenters. The van der Waals surface area contributed by atoms with Gasteiger partial charge in [0.1, 0.15) is 5.69 Å². The van der Waals surface area contributed by atoms with E-state index in [-0.39, 0.29) is 5.76 Å². The van der Waals surface area contributed by atoms with Gasteiger partial charge < -0.3 is 14.4 Å². The average Bonchev–Trinajstić information content (AvgIpc) is 3.50. The molecule has 0 saturated carbocycles. The van der Waals surface area contributed by atoms with E-state index in [1.807, 2.05) is 85.2 Å². The number of oxazole rings is 1. The molecule has 6 aromatic rings. The first kappa shape index (κ1) is 17.6. The summed E-state index contributed by atoms with van der Waals surface area (Å²) in [6.45, 7) is 0.431. The highest BCUT2D eigenvalue weighted by Gasteiger charge is 2.24. The molecule has 0 spiro atoms. The summed E-state index contributed by atoms with van der Waals surface area (Å²) in [5.41, 5.74) is 5.65. The number of H-pyrrole nitrogens is 2. The first-order chi connectivity index (χ1) is 15.3. The van der Waals surface area contributed by atoms with Crippen LogP contribution >= 0.6 is 0 Å². The predicted octanol–water partition coefficient (Wildman–Crippen LogP) is 5.79. The molecule has 31 heavy (non-hydrogen) atoms. The Bertz CT molecular complexity index is 1580. The lowest BCUT2D eigenvalue weighted by atomic mass is 10.0. The van der Waals surface area contributed by atoms with E-state index in [2.05, 4.69) is 16.0 Å². The summed E-state index contributed by atoms with van der Waals surface area (Å²) in [5.74, 6) is 0.201. The maximum absolute atomic E-state index is 13.1. The van der Waals surface area contributed by atoms with E-state index < -0.39 is 0 Å². The SMILES string of the molecule is O=c1oc(-c2c[nH]c3ccccc23)c(-c2c[nH]c3ccccc23)n1Cc1ccccc1. The number of hydrogen-bond acceptors (Lipinski definition) is 2. The molecule has 3 aromatic carbocycles. The zero-order valence-electron chi connectivity index (χ0n) is 16.6. The van der Waals surface area contributed by atoms with Gasteiger partial charge in [-0.3, -0.25) is 4.57 Å². The van der Waals surface area contributed by atoms with E-state index in [1.165, 1.54) is 0 Å². The third-order valence-corrected chi connectivity index (χ3v) is 5.76. The Morgan fingerprint density at radius 3 is 2.00 bits per heavy atom. The summed E-state index contributed by atoms with van der Waals surface area (Å²) < 4.78 is 7.64. The Balaban J connectivity index is 1.65. The quantitative estimate of drug-likeness (QED) is 0.390. The number of aromatic nitrogens is 3. The van der Waals surface area contributed by atoms with Gasteiger partial charge in [0.2, 0.25) is 0 Å². The van der Waals surface area contributed by atoms with E-state index in [9.17, 15) is 4.79 Å². The molecule has 0 aliphatic heterocycles. The van der Waals surface area contributed by atoms with Crippen LogP contribution in [0.25, 0.3) is 44.4 Å². The summed E-state index contributed by atoms with van der Waals surface area (Å²) in [5, 5.41) is 2.07. The van der Waals surface area contributed by atoms with E-state index >= 15 is 0 Å². The molecule has 0 aliphatic carbocycles. The fourth-order valence-corrected chi connectivity index (χ4v) is 4.29. The molecule has 6 rings (SSSR count). The normalized spacial score (nSPS) is 11.5. The van der Waals surface area contributed by atoms with E-state index in [1.54, 1.807) is 4.57 Å². The third-order valence-electron chi connectivity index (χ3n) is 5.76. The van der Waals surface area contributed by atoms with Crippen LogP contribution in [-0.2, 0) is 6.54 Å². The van der Waals surface area contributed by atoms with Crippen LogP contribution in [0.2, 0.25) is 0 Å². The molecule has 0 fully saturated rings. The zero-order chi connectivity index (χ0) is 20.8. The summed E-state index contributed by atoms with van der Waals surface area (Å²) in [6, 6.07) is 26.1. The minimum Gasteiger partial charge on any atom is -0.407 e. The van der Waals surface area contributed by atoms with Gasteiger partial charge in [-0.25, -0.2) is 4.79 Å². The zero-order valence-corrected chi connectivity index (χ0v) is 16.6.